The van der Waals surface area contributed by atoms with Gasteiger partial charge >= 0.3 is 6.09 Å². The number of hydrogen-bond donors (Lipinski definition) is 1. The van der Waals surface area contributed by atoms with Crippen LogP contribution in [-0.2, 0) is 14.3 Å². The molecule has 0 bridgehead atoms. The van der Waals surface area contributed by atoms with E-state index in [4.69, 9.17) is 0 Å². The van der Waals surface area contributed by atoms with E-state index in [-0.39, 0.29) is 18.6 Å². The second-order valence-corrected chi connectivity index (χ2v) is 1.95. The molecule has 0 atom stereocenters. The second-order valence-electron chi connectivity index (χ2n) is 1.95. The van der Waals surface area contributed by atoms with Crippen molar-refractivity contribution in [3.8, 4) is 0 Å². The quantitative estimate of drug-likeness (QED) is 0.483. The van der Waals surface area contributed by atoms with Gasteiger partial charge in [-0.1, -0.05) is 0 Å². The molecule has 12 heavy (non-hydrogen) atoms. The molecule has 0 saturated carbocycles. The average Bonchev–Trinajstić information content (AvgIpc) is 2.63. The lowest BCUT2D eigenvalue weighted by Crippen LogP contribution is -2.11. The molecule has 66 valence electrons. The van der Waals surface area contributed by atoms with E-state index in [0.717, 1.165) is 0 Å². The van der Waals surface area contributed by atoms with Crippen LogP contribution in [0.2, 0.25) is 0 Å². The van der Waals surface area contributed by atoms with Crippen molar-refractivity contribution in [1.29, 1.82) is 0 Å². The lowest BCUT2D eigenvalue weighted by Gasteiger charge is -1.87. The average molecular weight is 171 g/mol. The topological polar surface area (TPSA) is 77.0 Å². The van der Waals surface area contributed by atoms with Crippen molar-refractivity contribution < 1.29 is 19.1 Å². The van der Waals surface area contributed by atoms with E-state index in [1.165, 1.54) is 0 Å². The Kier molecular flexibility index (Phi) is 3.06. The third-order valence-corrected chi connectivity index (χ3v) is 1.04. The molecule has 0 spiro atoms. The molecule has 0 aromatic rings. The molecule has 0 radical (unpaired) electrons. The summed E-state index contributed by atoms with van der Waals surface area (Å²) in [6, 6.07) is 0. The first-order valence-electron chi connectivity index (χ1n) is 3.30. The van der Waals surface area contributed by atoms with Gasteiger partial charge in [-0.2, -0.15) is 0 Å². The van der Waals surface area contributed by atoms with E-state index in [0.29, 0.717) is 13.2 Å². The van der Waals surface area contributed by atoms with Crippen molar-refractivity contribution in [2.45, 2.75) is 0 Å². The summed E-state index contributed by atoms with van der Waals surface area (Å²) in [5, 5.41) is 2.46. The van der Waals surface area contributed by atoms with Crippen molar-refractivity contribution in [1.82, 2.24) is 5.32 Å². The molecule has 1 fully saturated rings. The Morgan fingerprint density at radius 3 is 2.50 bits per heavy atom. The Bertz CT molecular complexity index is 206. The zero-order chi connectivity index (χ0) is 8.81. The molecule has 0 unspecified atom stereocenters. The van der Waals surface area contributed by atoms with Crippen LogP contribution in [0, 0.1) is 0 Å². The van der Waals surface area contributed by atoms with Gasteiger partial charge < -0.3 is 24.6 Å². The fourth-order valence-electron chi connectivity index (χ4n) is 0.557. The predicted octanol–water partition coefficient (Wildman–Crippen LogP) is -0.825. The van der Waals surface area contributed by atoms with Gasteiger partial charge in [-0.05, 0) is 0 Å². The highest BCUT2D eigenvalue weighted by Gasteiger charge is 2.06. The van der Waals surface area contributed by atoms with Gasteiger partial charge in [0.05, 0.1) is 13.2 Å². The van der Waals surface area contributed by atoms with Crippen molar-refractivity contribution >= 4 is 18.4 Å². The van der Waals surface area contributed by atoms with Crippen molar-refractivity contribution in [2.24, 2.45) is 4.99 Å². The molecule has 2 heterocycles. The van der Waals surface area contributed by atoms with Crippen LogP contribution >= 0.6 is 0 Å². The second kappa shape index (κ2) is 4.32. The number of nitrogens with one attached hydrogen (secondary N) is 1. The summed E-state index contributed by atoms with van der Waals surface area (Å²) in [5.41, 5.74) is 0. The molecule has 0 aromatic heterocycles. The van der Waals surface area contributed by atoms with Gasteiger partial charge in [0.2, 0.25) is 0 Å². The van der Waals surface area contributed by atoms with Crippen LogP contribution in [0.15, 0.2) is 4.99 Å². The maximum absolute atomic E-state index is 9.91. The largest absolute Gasteiger partial charge is 0.581 e. The van der Waals surface area contributed by atoms with E-state index in [1.54, 1.807) is 0 Å². The third-order valence-electron chi connectivity index (χ3n) is 1.04. The molecule has 0 aromatic carbocycles. The zero-order valence-electron chi connectivity index (χ0n) is 6.20. The van der Waals surface area contributed by atoms with Crippen LogP contribution in [0.1, 0.15) is 0 Å². The van der Waals surface area contributed by atoms with Gasteiger partial charge in [0.25, 0.3) is 0 Å². The Labute approximate surface area is 68.6 Å². The first kappa shape index (κ1) is 8.51. The lowest BCUT2D eigenvalue weighted by molar-refractivity contribution is -0.118. The van der Waals surface area contributed by atoms with Gasteiger partial charge in [-0.25, -0.2) is 4.79 Å². The third kappa shape index (κ3) is 3.00. The van der Waals surface area contributed by atoms with Crippen LogP contribution in [-0.4, -0.2) is 38.2 Å². The minimum absolute atomic E-state index is 0.0694. The Morgan fingerprint density at radius 1 is 1.50 bits per heavy atom. The maximum atomic E-state index is 9.91. The summed E-state index contributed by atoms with van der Waals surface area (Å²) in [6.45, 7) is 1.26. The van der Waals surface area contributed by atoms with Crippen LogP contribution in [0.3, 0.4) is 0 Å². The number of amides is 2. The molecule has 6 nitrogen and oxygen atoms in total. The predicted molar refractivity (Wildman–Crippen MR) is 37.7 cm³/mol. The van der Waals surface area contributed by atoms with Crippen molar-refractivity contribution in [3.05, 3.63) is 0 Å². The maximum Gasteiger partial charge on any atom is 0.407 e. The Balaban J connectivity index is 0.000000120. The summed E-state index contributed by atoms with van der Waals surface area (Å²) >= 11 is 0. The van der Waals surface area contributed by atoms with Crippen molar-refractivity contribution in [3.63, 3.8) is 0 Å². The highest BCUT2D eigenvalue weighted by atomic mass is 16.6. The minimum Gasteiger partial charge on any atom is -0.581 e. The molecule has 2 aliphatic rings. The van der Waals surface area contributed by atoms with Crippen LogP contribution < -0.4 is 5.32 Å². The number of rotatable bonds is 0. The molecular formula is C6H7N2O4-. The van der Waals surface area contributed by atoms with Gasteiger partial charge in [0.15, 0.2) is 0 Å². The molecule has 6 heteroatoms. The summed E-state index contributed by atoms with van der Waals surface area (Å²) in [6.07, 6.45) is 1.75. The van der Waals surface area contributed by atoms with Crippen molar-refractivity contribution in [2.75, 3.05) is 19.8 Å². The monoisotopic (exact) mass is 171 g/mol. The zero-order valence-corrected chi connectivity index (χ0v) is 6.20. The number of carbonyl (C=O) groups excluding carboxylic acids is 2. The molecule has 1 saturated heterocycles. The highest BCUT2D eigenvalue weighted by molar-refractivity contribution is 5.88. The van der Waals surface area contributed by atoms with E-state index >= 15 is 0 Å². The van der Waals surface area contributed by atoms with E-state index in [9.17, 15) is 9.59 Å². The van der Waals surface area contributed by atoms with Crippen LogP contribution in [0.25, 0.3) is 0 Å². The SMILES string of the molecule is O=C1CO[C-]=N1.O=C1NCCO1. The smallest absolute Gasteiger partial charge is 0.407 e. The van der Waals surface area contributed by atoms with Gasteiger partial charge in [-0.3, -0.25) is 0 Å². The standard InChI is InChI=1S/C3H2NO2.C3H5NO2/c5-3-1-6-2-4-3;5-3-4-1-2-6-3/h1H2;1-2H2,(H,4,5)/q-1;. The van der Waals surface area contributed by atoms with E-state index in [1.807, 2.05) is 6.40 Å². The minimum atomic E-state index is -0.296. The molecule has 0 aliphatic carbocycles. The first-order chi connectivity index (χ1) is 5.79. The van der Waals surface area contributed by atoms with Crippen LogP contribution in [0.5, 0.6) is 0 Å². The van der Waals surface area contributed by atoms with Gasteiger partial charge in [0.1, 0.15) is 12.5 Å². The van der Waals surface area contributed by atoms with E-state index < -0.39 is 0 Å². The number of nitrogens with zero attached hydrogens (tertiary/aromatic N) is 1. The number of aliphatic imine (C=N–C) groups is 1. The summed E-state index contributed by atoms with van der Waals surface area (Å²) in [4.78, 5) is 22.9. The number of alkyl carbamates (subject to hydrolysis) is 1. The fourth-order valence-corrected chi connectivity index (χ4v) is 0.557. The number of carbonyl (C=O) groups is 2. The number of hydrogen-bond acceptors (Lipinski definition) is 4. The molecule has 1 N–H and O–H groups in total. The molecule has 2 rings (SSSR count). The first-order valence-corrected chi connectivity index (χ1v) is 3.30. The highest BCUT2D eigenvalue weighted by Crippen LogP contribution is 1.83. The summed E-state index contributed by atoms with van der Waals surface area (Å²) < 4.78 is 8.69. The Morgan fingerprint density at radius 2 is 2.33 bits per heavy atom. The molecule has 2 aliphatic heterocycles. The fraction of sp³-hybridized carbons (Fsp3) is 0.500. The number of ether oxygens (including phenoxy) is 2. The van der Waals surface area contributed by atoms with Crippen LogP contribution in [0.4, 0.5) is 4.79 Å². The Hall–Kier alpha value is -1.59. The van der Waals surface area contributed by atoms with Gasteiger partial charge in [0, 0.05) is 6.40 Å². The normalized spacial score (nSPS) is 19.0. The molecular weight excluding hydrogens is 164 g/mol. The number of cyclic esters (lactones) is 1. The summed E-state index contributed by atoms with van der Waals surface area (Å²) in [7, 11) is 0. The van der Waals surface area contributed by atoms with Gasteiger partial charge in [-0.15, -0.1) is 0 Å². The lowest BCUT2D eigenvalue weighted by atomic mass is 10.7. The summed E-state index contributed by atoms with van der Waals surface area (Å²) in [5.74, 6) is -0.255. The van der Waals surface area contributed by atoms with E-state index in [2.05, 4.69) is 19.8 Å². The molecule has 2 amide bonds.